The van der Waals surface area contributed by atoms with Crippen LogP contribution in [0.25, 0.3) is 10.2 Å². The van der Waals surface area contributed by atoms with Crippen LogP contribution in [-0.2, 0) is 25.6 Å². The largest absolute Gasteiger partial charge is 0.461 e. The molecule has 2 atom stereocenters. The van der Waals surface area contributed by atoms with Gasteiger partial charge in [0.1, 0.15) is 5.82 Å². The standard InChI is InChI=1S/C31H24FN5O6S2/c1-2-42-29(41)22-16-44-30(34-22)36-27(39)24-25(43-24)28(40)37(15-17-7-11-19(32)12-8-17)20-13-9-18(10-14-20)26(38)35-31-33-21-5-3-4-6-23(21)45-31/h3-14,16,24-25H,2,15H2,1H3,(H,33,35,38)(H,34,36,39)/t24-,25-/m0/s1. The van der Waals surface area contributed by atoms with Gasteiger partial charge in [0, 0.05) is 16.6 Å². The van der Waals surface area contributed by atoms with Crippen LogP contribution < -0.4 is 15.5 Å². The van der Waals surface area contributed by atoms with Crippen molar-refractivity contribution in [3.05, 3.63) is 101 Å². The van der Waals surface area contributed by atoms with Crippen molar-refractivity contribution in [2.24, 2.45) is 0 Å². The highest BCUT2D eigenvalue weighted by molar-refractivity contribution is 7.22. The Morgan fingerprint density at radius 2 is 1.69 bits per heavy atom. The number of esters is 1. The molecule has 0 radical (unpaired) electrons. The van der Waals surface area contributed by atoms with Gasteiger partial charge in [-0.2, -0.15) is 0 Å². The average molecular weight is 646 g/mol. The summed E-state index contributed by atoms with van der Waals surface area (Å²) in [6.45, 7) is 1.91. The van der Waals surface area contributed by atoms with Crippen molar-refractivity contribution >= 4 is 72.5 Å². The summed E-state index contributed by atoms with van der Waals surface area (Å²) < 4.78 is 24.9. The molecule has 0 aliphatic carbocycles. The number of para-hydroxylation sites is 1. The second-order valence-corrected chi connectivity index (χ2v) is 11.7. The predicted octanol–water partition coefficient (Wildman–Crippen LogP) is 5.26. The van der Waals surface area contributed by atoms with Crippen molar-refractivity contribution < 1.29 is 33.0 Å². The van der Waals surface area contributed by atoms with Crippen LogP contribution in [-0.4, -0.2) is 52.5 Å². The second kappa shape index (κ2) is 12.9. The van der Waals surface area contributed by atoms with Crippen LogP contribution in [0.1, 0.15) is 33.3 Å². The number of epoxide rings is 1. The van der Waals surface area contributed by atoms with E-state index in [0.717, 1.165) is 21.6 Å². The average Bonchev–Trinajstić information content (AvgIpc) is 3.53. The summed E-state index contributed by atoms with van der Waals surface area (Å²) in [6, 6.07) is 19.6. The van der Waals surface area contributed by atoms with Gasteiger partial charge in [0.25, 0.3) is 17.7 Å². The van der Waals surface area contributed by atoms with Gasteiger partial charge < -0.3 is 14.4 Å². The van der Waals surface area contributed by atoms with Gasteiger partial charge in [-0.1, -0.05) is 35.6 Å². The highest BCUT2D eigenvalue weighted by Crippen LogP contribution is 2.31. The predicted molar refractivity (Wildman–Crippen MR) is 167 cm³/mol. The molecule has 1 fully saturated rings. The van der Waals surface area contributed by atoms with Gasteiger partial charge in [-0.3, -0.25) is 25.0 Å². The molecule has 2 N–H and O–H groups in total. The van der Waals surface area contributed by atoms with E-state index in [1.54, 1.807) is 43.3 Å². The summed E-state index contributed by atoms with van der Waals surface area (Å²) in [7, 11) is 0. The molecular formula is C31H24FN5O6S2. The molecule has 2 aromatic heterocycles. The van der Waals surface area contributed by atoms with E-state index in [-0.39, 0.29) is 29.9 Å². The molecule has 1 aliphatic heterocycles. The highest BCUT2D eigenvalue weighted by atomic mass is 32.1. The molecular weight excluding hydrogens is 622 g/mol. The Bertz CT molecular complexity index is 1860. The minimum Gasteiger partial charge on any atom is -0.461 e. The number of hydrogen-bond donors (Lipinski definition) is 2. The van der Waals surface area contributed by atoms with Crippen LogP contribution >= 0.6 is 22.7 Å². The molecule has 228 valence electrons. The summed E-state index contributed by atoms with van der Waals surface area (Å²) in [5.74, 6) is -2.50. The van der Waals surface area contributed by atoms with Crippen molar-refractivity contribution in [3.63, 3.8) is 0 Å². The number of thiazole rings is 2. The number of nitrogens with zero attached hydrogens (tertiary/aromatic N) is 3. The molecule has 6 rings (SSSR count). The van der Waals surface area contributed by atoms with Crippen LogP contribution in [0.15, 0.2) is 78.2 Å². The molecule has 1 saturated heterocycles. The normalized spacial score (nSPS) is 15.3. The van der Waals surface area contributed by atoms with Crippen molar-refractivity contribution in [1.29, 1.82) is 0 Å². The zero-order valence-electron chi connectivity index (χ0n) is 23.6. The van der Waals surface area contributed by atoms with Crippen LogP contribution in [0, 0.1) is 5.82 Å². The van der Waals surface area contributed by atoms with Gasteiger partial charge in [0.2, 0.25) is 0 Å². The maximum absolute atomic E-state index is 13.6. The molecule has 14 heteroatoms. The fraction of sp³-hybridized carbons (Fsp3) is 0.161. The zero-order chi connectivity index (χ0) is 31.5. The Balaban J connectivity index is 1.15. The number of rotatable bonds is 10. The summed E-state index contributed by atoms with van der Waals surface area (Å²) in [5, 5.41) is 7.44. The quantitative estimate of drug-likeness (QED) is 0.155. The first-order chi connectivity index (χ1) is 21.8. The molecule has 3 amide bonds. The monoisotopic (exact) mass is 645 g/mol. The second-order valence-electron chi connectivity index (χ2n) is 9.76. The lowest BCUT2D eigenvalue weighted by atomic mass is 10.1. The first kappa shape index (κ1) is 30.0. The topological polar surface area (TPSA) is 143 Å². The van der Waals surface area contributed by atoms with E-state index in [1.165, 1.54) is 33.7 Å². The van der Waals surface area contributed by atoms with Gasteiger partial charge >= 0.3 is 5.97 Å². The molecule has 11 nitrogen and oxygen atoms in total. The number of carbonyl (C=O) groups is 4. The zero-order valence-corrected chi connectivity index (χ0v) is 25.2. The Labute approximate surface area is 263 Å². The summed E-state index contributed by atoms with van der Waals surface area (Å²) in [5.41, 5.74) is 2.26. The third-order valence-electron chi connectivity index (χ3n) is 6.69. The molecule has 0 unspecified atom stereocenters. The van der Waals surface area contributed by atoms with Crippen LogP contribution in [0.2, 0.25) is 0 Å². The van der Waals surface area contributed by atoms with E-state index in [1.807, 2.05) is 24.3 Å². The molecule has 0 saturated carbocycles. The van der Waals surface area contributed by atoms with Crippen molar-refractivity contribution in [1.82, 2.24) is 9.97 Å². The molecule has 45 heavy (non-hydrogen) atoms. The summed E-state index contributed by atoms with van der Waals surface area (Å²) in [4.78, 5) is 61.2. The lowest BCUT2D eigenvalue weighted by Gasteiger charge is -2.23. The van der Waals surface area contributed by atoms with Gasteiger partial charge in [-0.15, -0.1) is 11.3 Å². The molecule has 3 heterocycles. The van der Waals surface area contributed by atoms with Crippen LogP contribution in [0.3, 0.4) is 0 Å². The van der Waals surface area contributed by atoms with E-state index in [0.29, 0.717) is 21.9 Å². The number of fused-ring (bicyclic) bond motifs is 1. The Morgan fingerprint density at radius 1 is 0.933 bits per heavy atom. The summed E-state index contributed by atoms with van der Waals surface area (Å²) >= 11 is 2.40. The van der Waals surface area contributed by atoms with Crippen molar-refractivity contribution in [3.8, 4) is 0 Å². The van der Waals surface area contributed by atoms with Crippen LogP contribution in [0.4, 0.5) is 20.3 Å². The third kappa shape index (κ3) is 6.87. The van der Waals surface area contributed by atoms with E-state index < -0.39 is 35.8 Å². The summed E-state index contributed by atoms with van der Waals surface area (Å²) in [6.07, 6.45) is -2.17. The highest BCUT2D eigenvalue weighted by Gasteiger charge is 2.52. The molecule has 3 aromatic carbocycles. The molecule has 0 bridgehead atoms. The van der Waals surface area contributed by atoms with Gasteiger partial charge in [-0.25, -0.2) is 19.2 Å². The number of halogens is 1. The Kier molecular flexibility index (Phi) is 8.60. The first-order valence-electron chi connectivity index (χ1n) is 13.7. The van der Waals surface area contributed by atoms with E-state index in [4.69, 9.17) is 9.47 Å². The number of amides is 3. The number of benzene rings is 3. The van der Waals surface area contributed by atoms with Gasteiger partial charge in [0.05, 0.1) is 23.4 Å². The van der Waals surface area contributed by atoms with E-state index in [9.17, 15) is 23.6 Å². The molecule has 1 aliphatic rings. The lowest BCUT2D eigenvalue weighted by molar-refractivity contribution is -0.120. The third-order valence-corrected chi connectivity index (χ3v) is 8.40. The first-order valence-corrected chi connectivity index (χ1v) is 15.4. The number of nitrogens with one attached hydrogen (secondary N) is 2. The molecule has 0 spiro atoms. The fourth-order valence-electron chi connectivity index (χ4n) is 4.42. The van der Waals surface area contributed by atoms with E-state index in [2.05, 4.69) is 20.6 Å². The van der Waals surface area contributed by atoms with Crippen molar-refractivity contribution in [2.45, 2.75) is 25.7 Å². The van der Waals surface area contributed by atoms with Crippen LogP contribution in [0.5, 0.6) is 0 Å². The molecule has 5 aromatic rings. The van der Waals surface area contributed by atoms with Crippen molar-refractivity contribution in [2.75, 3.05) is 22.1 Å². The Morgan fingerprint density at radius 3 is 2.42 bits per heavy atom. The van der Waals surface area contributed by atoms with Gasteiger partial charge in [0.15, 0.2) is 28.2 Å². The minimum absolute atomic E-state index is 0.0555. The Hall–Kier alpha value is -5.05. The lowest BCUT2D eigenvalue weighted by Crippen LogP contribution is -2.36. The minimum atomic E-state index is -1.09. The number of aromatic nitrogens is 2. The number of anilines is 3. The van der Waals surface area contributed by atoms with E-state index >= 15 is 0 Å². The smallest absolute Gasteiger partial charge is 0.357 e. The number of ether oxygens (including phenoxy) is 2. The number of hydrogen-bond acceptors (Lipinski definition) is 10. The number of carbonyl (C=O) groups excluding carboxylic acids is 4. The fourth-order valence-corrected chi connectivity index (χ4v) is 5.96. The maximum atomic E-state index is 13.6. The SMILES string of the molecule is CCOC(=O)c1csc(NC(=O)[C@H]2O[C@@H]2C(=O)N(Cc2ccc(F)cc2)c2ccc(C(=O)Nc3nc4ccccc4s3)cc2)n1. The van der Waals surface area contributed by atoms with Gasteiger partial charge in [-0.05, 0) is 61.0 Å². The maximum Gasteiger partial charge on any atom is 0.357 e.